The van der Waals surface area contributed by atoms with E-state index in [2.05, 4.69) is 10.6 Å². The molecule has 4 aromatic carbocycles. The first-order chi connectivity index (χ1) is 23.3. The van der Waals surface area contributed by atoms with E-state index in [0.717, 1.165) is 48.2 Å². The minimum Gasteiger partial charge on any atom is -0.347 e. The molecule has 4 rings (SSSR count). The lowest BCUT2D eigenvalue weighted by Gasteiger charge is -2.29. The monoisotopic (exact) mass is 696 g/mol. The van der Waals surface area contributed by atoms with Crippen LogP contribution in [-0.4, -0.2) is 17.4 Å². The summed E-state index contributed by atoms with van der Waals surface area (Å²) in [6, 6.07) is 19.6. The number of amides is 2. The van der Waals surface area contributed by atoms with Crippen molar-refractivity contribution in [3.05, 3.63) is 113 Å². The summed E-state index contributed by atoms with van der Waals surface area (Å²) in [5.74, 6) is -0.883. The minimum absolute atomic E-state index is 0.158. The zero-order valence-corrected chi connectivity index (χ0v) is 29.0. The van der Waals surface area contributed by atoms with Gasteiger partial charge in [-0.2, -0.15) is 26.3 Å². The van der Waals surface area contributed by atoms with Crippen molar-refractivity contribution in [2.75, 3.05) is 5.32 Å². The van der Waals surface area contributed by atoms with Crippen LogP contribution in [0.5, 0.6) is 0 Å². The van der Waals surface area contributed by atoms with Crippen LogP contribution in [0.25, 0.3) is 22.3 Å². The van der Waals surface area contributed by atoms with Gasteiger partial charge in [-0.3, -0.25) is 9.59 Å². The third-order valence-electron chi connectivity index (χ3n) is 9.41. The van der Waals surface area contributed by atoms with Gasteiger partial charge in [-0.15, -0.1) is 0 Å². The van der Waals surface area contributed by atoms with Gasteiger partial charge in [0.05, 0.1) is 11.1 Å². The predicted octanol–water partition coefficient (Wildman–Crippen LogP) is 11.7. The Bertz CT molecular complexity index is 1820. The van der Waals surface area contributed by atoms with Crippen molar-refractivity contribution in [1.82, 2.24) is 5.32 Å². The molecule has 266 valence electrons. The van der Waals surface area contributed by atoms with Crippen molar-refractivity contribution in [2.45, 2.75) is 90.5 Å². The summed E-state index contributed by atoms with van der Waals surface area (Å²) in [7, 11) is 0. The zero-order chi connectivity index (χ0) is 37.1. The summed E-state index contributed by atoms with van der Waals surface area (Å²) in [4.78, 5) is 25.7. The number of anilines is 1. The number of hydrogen-bond donors (Lipinski definition) is 2. The largest absolute Gasteiger partial charge is 0.417 e. The van der Waals surface area contributed by atoms with E-state index in [-0.39, 0.29) is 22.7 Å². The molecule has 0 radical (unpaired) electrons. The van der Waals surface area contributed by atoms with Crippen LogP contribution in [0.1, 0.15) is 105 Å². The van der Waals surface area contributed by atoms with Crippen molar-refractivity contribution in [2.24, 2.45) is 0 Å². The minimum atomic E-state index is -5.01. The van der Waals surface area contributed by atoms with Gasteiger partial charge in [0.2, 0.25) is 0 Å². The average molecular weight is 697 g/mol. The number of benzene rings is 4. The number of halogens is 6. The van der Waals surface area contributed by atoms with Gasteiger partial charge >= 0.3 is 12.4 Å². The second-order valence-electron chi connectivity index (χ2n) is 13.5. The molecular weight excluding hydrogens is 654 g/mol. The molecule has 0 saturated carbocycles. The highest BCUT2D eigenvalue weighted by Gasteiger charge is 2.39. The third kappa shape index (κ3) is 8.76. The number of carbonyl (C=O) groups excluding carboxylic acids is 2. The Hall–Kier alpha value is -4.60. The SMILES string of the molecule is CCCC(C)(C)NC(=O)c1ccc(-c2ccc(C(=O)Nc3ccc(-c4ccc(C(C)(CC)CC)cc4C(F)(F)F)c(C(F)(F)F)c3)cc2)cc1. The summed E-state index contributed by atoms with van der Waals surface area (Å²) >= 11 is 0. The number of alkyl halides is 6. The van der Waals surface area contributed by atoms with Crippen LogP contribution in [0, 0.1) is 0 Å². The van der Waals surface area contributed by atoms with Gasteiger partial charge in [-0.1, -0.05) is 76.6 Å². The molecule has 4 aromatic rings. The number of hydrogen-bond acceptors (Lipinski definition) is 2. The van der Waals surface area contributed by atoms with Crippen molar-refractivity contribution in [3.8, 4) is 22.3 Å². The van der Waals surface area contributed by atoms with Crippen LogP contribution in [0.15, 0.2) is 84.9 Å². The molecule has 2 amide bonds. The summed E-state index contributed by atoms with van der Waals surface area (Å²) in [5.41, 5.74) is -2.24. The Balaban J connectivity index is 1.57. The van der Waals surface area contributed by atoms with Gasteiger partial charge in [0.1, 0.15) is 0 Å². The van der Waals surface area contributed by atoms with Gasteiger partial charge < -0.3 is 10.6 Å². The average Bonchev–Trinajstić information content (AvgIpc) is 3.06. The molecular formula is C40H42F6N2O2. The third-order valence-corrected chi connectivity index (χ3v) is 9.41. The van der Waals surface area contributed by atoms with E-state index < -0.39 is 45.9 Å². The molecule has 10 heteroatoms. The molecule has 0 aliphatic carbocycles. The van der Waals surface area contributed by atoms with Crippen LogP contribution in [-0.2, 0) is 17.8 Å². The first kappa shape index (κ1) is 38.2. The fourth-order valence-electron chi connectivity index (χ4n) is 6.04. The van der Waals surface area contributed by atoms with E-state index in [1.807, 2.05) is 41.5 Å². The zero-order valence-electron chi connectivity index (χ0n) is 29.0. The maximum Gasteiger partial charge on any atom is 0.417 e. The van der Waals surface area contributed by atoms with Crippen LogP contribution in [0.3, 0.4) is 0 Å². The Morgan fingerprint density at radius 1 is 0.600 bits per heavy atom. The standard InChI is InChI=1S/C40H42F6N2O2/c1-7-22-37(4,5)48-36(50)28-16-12-26(13-17-28)25-10-14-27(15-11-25)35(49)47-30-19-21-32(34(24-30)40(44,45)46)31-20-18-29(38(6,8-2)9-3)23-33(31)39(41,42)43/h10-21,23-24H,7-9,22H2,1-6H3,(H,47,49)(H,48,50). The summed E-state index contributed by atoms with van der Waals surface area (Å²) in [5, 5.41) is 5.46. The normalized spacial score (nSPS) is 12.5. The molecule has 0 bridgehead atoms. The summed E-state index contributed by atoms with van der Waals surface area (Å²) in [6.07, 6.45) is -7.05. The Kier molecular flexibility index (Phi) is 11.2. The van der Waals surface area contributed by atoms with Crippen molar-refractivity contribution < 1.29 is 35.9 Å². The van der Waals surface area contributed by atoms with Gasteiger partial charge in [0, 0.05) is 22.4 Å². The Morgan fingerprint density at radius 3 is 1.52 bits per heavy atom. The fraction of sp³-hybridized carbons (Fsp3) is 0.350. The van der Waals surface area contributed by atoms with Crippen LogP contribution >= 0.6 is 0 Å². The molecule has 2 N–H and O–H groups in total. The second-order valence-corrected chi connectivity index (χ2v) is 13.5. The van der Waals surface area contributed by atoms with Crippen molar-refractivity contribution >= 4 is 17.5 Å². The van der Waals surface area contributed by atoms with Gasteiger partial charge in [0.15, 0.2) is 0 Å². The molecule has 0 spiro atoms. The summed E-state index contributed by atoms with van der Waals surface area (Å²) < 4.78 is 85.9. The molecule has 0 fully saturated rings. The van der Waals surface area contributed by atoms with Gasteiger partial charge in [-0.05, 0) is 109 Å². The van der Waals surface area contributed by atoms with Crippen molar-refractivity contribution in [1.29, 1.82) is 0 Å². The van der Waals surface area contributed by atoms with Gasteiger partial charge in [0.25, 0.3) is 11.8 Å². The molecule has 0 aliphatic rings. The molecule has 0 aromatic heterocycles. The molecule has 0 heterocycles. The predicted molar refractivity (Wildman–Crippen MR) is 186 cm³/mol. The lowest BCUT2D eigenvalue weighted by molar-refractivity contribution is -0.139. The Morgan fingerprint density at radius 2 is 1.06 bits per heavy atom. The van der Waals surface area contributed by atoms with Crippen LogP contribution in [0.4, 0.5) is 32.0 Å². The van der Waals surface area contributed by atoms with Gasteiger partial charge in [-0.25, -0.2) is 0 Å². The van der Waals surface area contributed by atoms with E-state index >= 15 is 0 Å². The number of nitrogens with one attached hydrogen (secondary N) is 2. The van der Waals surface area contributed by atoms with E-state index in [1.165, 1.54) is 18.2 Å². The number of carbonyl (C=O) groups is 2. The molecule has 0 unspecified atom stereocenters. The van der Waals surface area contributed by atoms with E-state index in [0.29, 0.717) is 30.0 Å². The fourth-order valence-corrected chi connectivity index (χ4v) is 6.04. The molecule has 0 aliphatic heterocycles. The van der Waals surface area contributed by atoms with Crippen LogP contribution < -0.4 is 10.6 Å². The second kappa shape index (κ2) is 14.7. The van der Waals surface area contributed by atoms with E-state index in [9.17, 15) is 35.9 Å². The molecule has 0 saturated heterocycles. The highest BCUT2D eigenvalue weighted by atomic mass is 19.4. The smallest absolute Gasteiger partial charge is 0.347 e. The molecule has 4 nitrogen and oxygen atoms in total. The molecule has 0 atom stereocenters. The quantitative estimate of drug-likeness (QED) is 0.153. The van der Waals surface area contributed by atoms with E-state index in [1.54, 1.807) is 36.4 Å². The maximum atomic E-state index is 14.3. The molecule has 50 heavy (non-hydrogen) atoms. The Labute approximate surface area is 289 Å². The van der Waals surface area contributed by atoms with Crippen LogP contribution in [0.2, 0.25) is 0 Å². The van der Waals surface area contributed by atoms with Crippen molar-refractivity contribution in [3.63, 3.8) is 0 Å². The lowest BCUT2D eigenvalue weighted by Crippen LogP contribution is -2.43. The number of rotatable bonds is 11. The summed E-state index contributed by atoms with van der Waals surface area (Å²) in [6.45, 7) is 11.5. The topological polar surface area (TPSA) is 58.2 Å². The first-order valence-corrected chi connectivity index (χ1v) is 16.6. The maximum absolute atomic E-state index is 14.3. The highest BCUT2D eigenvalue weighted by Crippen LogP contribution is 2.45. The van der Waals surface area contributed by atoms with E-state index in [4.69, 9.17) is 0 Å². The first-order valence-electron chi connectivity index (χ1n) is 16.6. The highest BCUT2D eigenvalue weighted by molar-refractivity contribution is 6.04. The lowest BCUT2D eigenvalue weighted by atomic mass is 9.76.